The lowest BCUT2D eigenvalue weighted by Crippen LogP contribution is -2.32. The first-order valence-electron chi connectivity index (χ1n) is 11.1. The van der Waals surface area contributed by atoms with Gasteiger partial charge < -0.3 is 10.1 Å². The van der Waals surface area contributed by atoms with Gasteiger partial charge in [0.2, 0.25) is 0 Å². The Morgan fingerprint density at radius 1 is 0.939 bits per heavy atom. The normalized spacial score (nSPS) is 14.2. The highest BCUT2D eigenvalue weighted by Gasteiger charge is 2.41. The molecule has 2 aromatic carbocycles. The summed E-state index contributed by atoms with van der Waals surface area (Å²) in [6.07, 6.45) is 0.826. The van der Waals surface area contributed by atoms with Crippen LogP contribution in [0.1, 0.15) is 44.6 Å². The molecule has 0 bridgehead atoms. The summed E-state index contributed by atoms with van der Waals surface area (Å²) in [7, 11) is 0. The number of nitrogens with one attached hydrogen (secondary N) is 1. The minimum Gasteiger partial charge on any atom is -0.491 e. The van der Waals surface area contributed by atoms with E-state index in [2.05, 4.69) is 26.1 Å². The van der Waals surface area contributed by atoms with Gasteiger partial charge in [0.25, 0.3) is 11.8 Å². The summed E-state index contributed by atoms with van der Waals surface area (Å²) in [6, 6.07) is 18.9. The molecule has 1 aromatic heterocycles. The molecule has 33 heavy (non-hydrogen) atoms. The molecule has 170 valence electrons. The highest BCUT2D eigenvalue weighted by molar-refractivity contribution is 7.11. The number of carbonyl (C=O) groups excluding carboxylic acids is 2. The first-order chi connectivity index (χ1) is 15.8. The molecule has 4 rings (SSSR count). The molecular weight excluding hydrogens is 432 g/mol. The van der Waals surface area contributed by atoms with Crippen LogP contribution in [0.4, 0.5) is 11.4 Å². The molecule has 6 heteroatoms. The van der Waals surface area contributed by atoms with Crippen LogP contribution in [0.25, 0.3) is 5.57 Å². The van der Waals surface area contributed by atoms with Crippen molar-refractivity contribution in [3.8, 4) is 5.75 Å². The van der Waals surface area contributed by atoms with E-state index in [-0.39, 0.29) is 17.0 Å². The number of ether oxygens (including phenoxy) is 1. The minimum atomic E-state index is -0.393. The van der Waals surface area contributed by atoms with Gasteiger partial charge in [-0.1, -0.05) is 58.0 Å². The summed E-state index contributed by atoms with van der Waals surface area (Å²) in [5, 5.41) is 5.13. The van der Waals surface area contributed by atoms with Gasteiger partial charge in [0, 0.05) is 10.6 Å². The third-order valence-electron chi connectivity index (χ3n) is 5.44. The molecule has 1 aliphatic heterocycles. The van der Waals surface area contributed by atoms with Gasteiger partial charge in [0.05, 0.1) is 17.9 Å². The van der Waals surface area contributed by atoms with E-state index in [4.69, 9.17) is 4.74 Å². The van der Waals surface area contributed by atoms with Crippen LogP contribution in [0.3, 0.4) is 0 Å². The monoisotopic (exact) mass is 460 g/mol. The zero-order chi connectivity index (χ0) is 23.6. The van der Waals surface area contributed by atoms with Crippen molar-refractivity contribution in [3.05, 3.63) is 82.2 Å². The number of benzene rings is 2. The molecule has 0 saturated heterocycles. The van der Waals surface area contributed by atoms with Crippen LogP contribution in [-0.2, 0) is 15.0 Å². The maximum absolute atomic E-state index is 13.6. The quantitative estimate of drug-likeness (QED) is 0.425. The zero-order valence-electron chi connectivity index (χ0n) is 19.3. The van der Waals surface area contributed by atoms with Gasteiger partial charge in [0.15, 0.2) is 0 Å². The van der Waals surface area contributed by atoms with E-state index in [9.17, 15) is 9.59 Å². The fraction of sp³-hybridized carbons (Fsp3) is 0.259. The van der Waals surface area contributed by atoms with Crippen LogP contribution in [0, 0.1) is 0 Å². The second kappa shape index (κ2) is 9.24. The van der Waals surface area contributed by atoms with Crippen LogP contribution in [-0.4, -0.2) is 18.4 Å². The average Bonchev–Trinajstić information content (AvgIpc) is 3.39. The topological polar surface area (TPSA) is 58.6 Å². The largest absolute Gasteiger partial charge is 0.491 e. The SMILES string of the molecule is CCCOc1ccccc1N1C(=O)C(Nc2ccc(C(C)(C)C)cc2)=C(c2cccs2)C1=O. The number of anilines is 2. The van der Waals surface area contributed by atoms with Gasteiger partial charge in [-0.05, 0) is 53.1 Å². The van der Waals surface area contributed by atoms with Crippen LogP contribution in [0.2, 0.25) is 0 Å². The van der Waals surface area contributed by atoms with Crippen molar-refractivity contribution in [2.24, 2.45) is 0 Å². The van der Waals surface area contributed by atoms with E-state index in [1.807, 2.05) is 54.8 Å². The van der Waals surface area contributed by atoms with E-state index in [1.165, 1.54) is 21.8 Å². The van der Waals surface area contributed by atoms with Crippen LogP contribution in [0.15, 0.2) is 71.7 Å². The number of thiophene rings is 1. The fourth-order valence-corrected chi connectivity index (χ4v) is 4.46. The number of rotatable bonds is 7. The molecule has 5 nitrogen and oxygen atoms in total. The van der Waals surface area contributed by atoms with E-state index >= 15 is 0 Å². The van der Waals surface area contributed by atoms with Crippen LogP contribution < -0.4 is 15.0 Å². The molecule has 0 radical (unpaired) electrons. The first kappa shape index (κ1) is 22.8. The number of nitrogens with zero attached hydrogens (tertiary/aromatic N) is 1. The number of hydrogen-bond acceptors (Lipinski definition) is 5. The second-order valence-electron chi connectivity index (χ2n) is 8.94. The van der Waals surface area contributed by atoms with Crippen molar-refractivity contribution >= 4 is 40.1 Å². The molecule has 2 amide bonds. The number of hydrogen-bond donors (Lipinski definition) is 1. The predicted molar refractivity (Wildman–Crippen MR) is 135 cm³/mol. The Morgan fingerprint density at radius 3 is 2.30 bits per heavy atom. The molecule has 0 aliphatic carbocycles. The summed E-state index contributed by atoms with van der Waals surface area (Å²) in [4.78, 5) is 29.2. The molecule has 0 unspecified atom stereocenters. The maximum Gasteiger partial charge on any atom is 0.282 e. The Kier molecular flexibility index (Phi) is 6.38. The minimum absolute atomic E-state index is 0.0259. The van der Waals surface area contributed by atoms with Gasteiger partial charge in [0.1, 0.15) is 11.4 Å². The summed E-state index contributed by atoms with van der Waals surface area (Å²) >= 11 is 1.43. The zero-order valence-corrected chi connectivity index (χ0v) is 20.2. The number of para-hydroxylation sites is 2. The lowest BCUT2D eigenvalue weighted by Gasteiger charge is -2.20. The van der Waals surface area contributed by atoms with E-state index in [0.717, 1.165) is 17.0 Å². The third-order valence-corrected chi connectivity index (χ3v) is 6.33. The molecule has 0 fully saturated rings. The van der Waals surface area contributed by atoms with E-state index in [0.29, 0.717) is 23.6 Å². The second-order valence-corrected chi connectivity index (χ2v) is 9.89. The highest BCUT2D eigenvalue weighted by Crippen LogP contribution is 2.39. The van der Waals surface area contributed by atoms with E-state index < -0.39 is 5.91 Å². The lowest BCUT2D eigenvalue weighted by molar-refractivity contribution is -0.120. The number of carbonyl (C=O) groups is 2. The van der Waals surface area contributed by atoms with Crippen LogP contribution >= 0.6 is 11.3 Å². The van der Waals surface area contributed by atoms with Gasteiger partial charge >= 0.3 is 0 Å². The molecule has 1 aliphatic rings. The van der Waals surface area contributed by atoms with Gasteiger partial charge in [-0.2, -0.15) is 0 Å². The molecular formula is C27H28N2O3S. The molecule has 1 N–H and O–H groups in total. The Hall–Kier alpha value is -3.38. The Balaban J connectivity index is 1.73. The van der Waals surface area contributed by atoms with E-state index in [1.54, 1.807) is 18.2 Å². The standard InChI is InChI=1S/C27H28N2O3S/c1-5-16-32-21-10-7-6-9-20(21)29-25(30)23(22-11-8-17-33-22)24(26(29)31)28-19-14-12-18(13-15-19)27(2,3)4/h6-15,17,28H,5,16H2,1-4H3. The van der Waals surface area contributed by atoms with Crippen molar-refractivity contribution in [1.82, 2.24) is 0 Å². The Bertz CT molecular complexity index is 1190. The highest BCUT2D eigenvalue weighted by atomic mass is 32.1. The number of amides is 2. The summed E-state index contributed by atoms with van der Waals surface area (Å²) in [5.74, 6) is -0.234. The van der Waals surface area contributed by atoms with Gasteiger partial charge in [-0.15, -0.1) is 11.3 Å². The summed E-state index contributed by atoms with van der Waals surface area (Å²) in [5.41, 5.74) is 3.08. The Labute approximate surface area is 198 Å². The maximum atomic E-state index is 13.6. The number of imide groups is 1. The summed E-state index contributed by atoms with van der Waals surface area (Å²) in [6.45, 7) is 8.98. The third kappa shape index (κ3) is 4.57. The molecule has 2 heterocycles. The molecule has 0 spiro atoms. The first-order valence-corrected chi connectivity index (χ1v) is 12.0. The average molecular weight is 461 g/mol. The van der Waals surface area contributed by atoms with Crippen molar-refractivity contribution in [3.63, 3.8) is 0 Å². The van der Waals surface area contributed by atoms with Crippen molar-refractivity contribution in [2.45, 2.75) is 39.5 Å². The van der Waals surface area contributed by atoms with Crippen molar-refractivity contribution in [2.75, 3.05) is 16.8 Å². The van der Waals surface area contributed by atoms with Crippen molar-refractivity contribution < 1.29 is 14.3 Å². The van der Waals surface area contributed by atoms with Gasteiger partial charge in [-0.25, -0.2) is 4.90 Å². The molecule has 0 atom stereocenters. The van der Waals surface area contributed by atoms with Gasteiger partial charge in [-0.3, -0.25) is 9.59 Å². The fourth-order valence-electron chi connectivity index (χ4n) is 3.69. The summed E-state index contributed by atoms with van der Waals surface area (Å²) < 4.78 is 5.84. The lowest BCUT2D eigenvalue weighted by atomic mass is 9.87. The van der Waals surface area contributed by atoms with Crippen LogP contribution in [0.5, 0.6) is 5.75 Å². The molecule has 3 aromatic rings. The Morgan fingerprint density at radius 2 is 1.67 bits per heavy atom. The smallest absolute Gasteiger partial charge is 0.282 e. The predicted octanol–water partition coefficient (Wildman–Crippen LogP) is 6.23. The van der Waals surface area contributed by atoms with Crippen molar-refractivity contribution in [1.29, 1.82) is 0 Å². The molecule has 0 saturated carbocycles.